The second-order valence-electron chi connectivity index (χ2n) is 6.29. The summed E-state index contributed by atoms with van der Waals surface area (Å²) in [6, 6.07) is 4.64. The number of amides is 1. The van der Waals surface area contributed by atoms with Crippen LogP contribution >= 0.6 is 11.6 Å². The van der Waals surface area contributed by atoms with E-state index in [1.165, 1.54) is 37.8 Å². The normalized spacial score (nSPS) is 27.8. The Labute approximate surface area is 124 Å². The topological polar surface area (TPSA) is 40.5 Å². The first-order chi connectivity index (χ1) is 9.54. The number of carbonyl (C=O) groups excluding carboxylic acids is 1. The summed E-state index contributed by atoms with van der Waals surface area (Å²) in [5, 5.41) is 9.63. The third-order valence-electron chi connectivity index (χ3n) is 4.93. The summed E-state index contributed by atoms with van der Waals surface area (Å²) in [5.41, 5.74) is 0.540. The third kappa shape index (κ3) is 2.51. The SMILES string of the molecule is CN(CC1CC2CCC1C2)C(=O)c1ccc(O)c(Cl)c1. The maximum Gasteiger partial charge on any atom is 0.253 e. The Morgan fingerprint density at radius 3 is 2.80 bits per heavy atom. The van der Waals surface area contributed by atoms with E-state index in [9.17, 15) is 9.90 Å². The summed E-state index contributed by atoms with van der Waals surface area (Å²) in [7, 11) is 1.86. The van der Waals surface area contributed by atoms with Crippen LogP contribution in [0.2, 0.25) is 5.02 Å². The van der Waals surface area contributed by atoms with Crippen molar-refractivity contribution in [2.75, 3.05) is 13.6 Å². The van der Waals surface area contributed by atoms with Gasteiger partial charge < -0.3 is 10.0 Å². The van der Waals surface area contributed by atoms with Gasteiger partial charge in [0, 0.05) is 19.2 Å². The van der Waals surface area contributed by atoms with Gasteiger partial charge in [-0.05, 0) is 55.2 Å². The van der Waals surface area contributed by atoms with Crippen LogP contribution in [0.5, 0.6) is 5.75 Å². The van der Waals surface area contributed by atoms with Crippen LogP contribution in [0.15, 0.2) is 18.2 Å². The fourth-order valence-electron chi connectivity index (χ4n) is 3.90. The van der Waals surface area contributed by atoms with Crippen molar-refractivity contribution in [2.24, 2.45) is 17.8 Å². The van der Waals surface area contributed by atoms with Gasteiger partial charge >= 0.3 is 0 Å². The Hall–Kier alpha value is -1.22. The van der Waals surface area contributed by atoms with E-state index in [-0.39, 0.29) is 16.7 Å². The number of nitrogens with zero attached hydrogens (tertiary/aromatic N) is 1. The molecule has 108 valence electrons. The molecule has 1 N–H and O–H groups in total. The highest BCUT2D eigenvalue weighted by atomic mass is 35.5. The molecule has 0 aromatic heterocycles. The Kier molecular flexibility index (Phi) is 3.63. The summed E-state index contributed by atoms with van der Waals surface area (Å²) in [6.07, 6.45) is 5.35. The van der Waals surface area contributed by atoms with Crippen molar-refractivity contribution in [3.63, 3.8) is 0 Å². The van der Waals surface area contributed by atoms with Crippen LogP contribution in [0, 0.1) is 17.8 Å². The lowest BCUT2D eigenvalue weighted by atomic mass is 9.88. The zero-order valence-electron chi connectivity index (χ0n) is 11.7. The van der Waals surface area contributed by atoms with Crippen molar-refractivity contribution in [3.05, 3.63) is 28.8 Å². The third-order valence-corrected chi connectivity index (χ3v) is 5.24. The first kappa shape index (κ1) is 13.7. The van der Waals surface area contributed by atoms with E-state index in [4.69, 9.17) is 11.6 Å². The van der Waals surface area contributed by atoms with Crippen molar-refractivity contribution >= 4 is 17.5 Å². The molecule has 2 saturated carbocycles. The monoisotopic (exact) mass is 293 g/mol. The number of hydrogen-bond acceptors (Lipinski definition) is 2. The van der Waals surface area contributed by atoms with E-state index >= 15 is 0 Å². The van der Waals surface area contributed by atoms with Crippen LogP contribution < -0.4 is 0 Å². The number of halogens is 1. The number of aromatic hydroxyl groups is 1. The van der Waals surface area contributed by atoms with E-state index in [1.54, 1.807) is 11.0 Å². The zero-order chi connectivity index (χ0) is 14.3. The van der Waals surface area contributed by atoms with Gasteiger partial charge in [0.25, 0.3) is 5.91 Å². The molecule has 20 heavy (non-hydrogen) atoms. The Balaban J connectivity index is 1.65. The van der Waals surface area contributed by atoms with E-state index in [0.29, 0.717) is 11.5 Å². The molecule has 3 unspecified atom stereocenters. The van der Waals surface area contributed by atoms with E-state index in [2.05, 4.69) is 0 Å². The molecular weight excluding hydrogens is 274 g/mol. The molecule has 3 rings (SSSR count). The van der Waals surface area contributed by atoms with Crippen molar-refractivity contribution < 1.29 is 9.90 Å². The molecule has 0 saturated heterocycles. The molecule has 0 aliphatic heterocycles. The van der Waals surface area contributed by atoms with Gasteiger partial charge in [0.15, 0.2) is 0 Å². The average Bonchev–Trinajstić information content (AvgIpc) is 3.03. The lowest BCUT2D eigenvalue weighted by molar-refractivity contribution is 0.0754. The van der Waals surface area contributed by atoms with Crippen LogP contribution in [0.1, 0.15) is 36.0 Å². The summed E-state index contributed by atoms with van der Waals surface area (Å²) in [5.74, 6) is 2.37. The highest BCUT2D eigenvalue weighted by Crippen LogP contribution is 2.48. The molecule has 2 aliphatic rings. The Bertz CT molecular complexity index is 531. The van der Waals surface area contributed by atoms with Crippen LogP contribution in [0.4, 0.5) is 0 Å². The first-order valence-electron chi connectivity index (χ1n) is 7.28. The van der Waals surface area contributed by atoms with Gasteiger partial charge in [0.2, 0.25) is 0 Å². The van der Waals surface area contributed by atoms with E-state index in [1.807, 2.05) is 7.05 Å². The molecule has 1 amide bonds. The number of phenolic OH excluding ortho intramolecular Hbond substituents is 1. The van der Waals surface area contributed by atoms with Gasteiger partial charge in [0.1, 0.15) is 5.75 Å². The average molecular weight is 294 g/mol. The van der Waals surface area contributed by atoms with E-state index < -0.39 is 0 Å². The van der Waals surface area contributed by atoms with Crippen molar-refractivity contribution in [3.8, 4) is 5.75 Å². The van der Waals surface area contributed by atoms with Crippen LogP contribution in [0.3, 0.4) is 0 Å². The molecule has 3 nitrogen and oxygen atoms in total. The zero-order valence-corrected chi connectivity index (χ0v) is 12.4. The van der Waals surface area contributed by atoms with Crippen molar-refractivity contribution in [2.45, 2.75) is 25.7 Å². The summed E-state index contributed by atoms with van der Waals surface area (Å²) < 4.78 is 0. The quantitative estimate of drug-likeness (QED) is 0.926. The smallest absolute Gasteiger partial charge is 0.253 e. The summed E-state index contributed by atoms with van der Waals surface area (Å²) >= 11 is 5.86. The molecule has 0 spiro atoms. The van der Waals surface area contributed by atoms with Gasteiger partial charge in [-0.2, -0.15) is 0 Å². The predicted octanol–water partition coefficient (Wildman–Crippen LogP) is 3.55. The molecule has 0 heterocycles. The molecule has 0 radical (unpaired) electrons. The number of carbonyl (C=O) groups is 1. The van der Waals surface area contributed by atoms with E-state index in [0.717, 1.165) is 18.4 Å². The molecular formula is C16H20ClNO2. The van der Waals surface area contributed by atoms with Gasteiger partial charge in [-0.25, -0.2) is 0 Å². The van der Waals surface area contributed by atoms with Crippen LogP contribution in [0.25, 0.3) is 0 Å². The number of hydrogen-bond donors (Lipinski definition) is 1. The van der Waals surface area contributed by atoms with Crippen molar-refractivity contribution in [1.82, 2.24) is 4.90 Å². The minimum atomic E-state index is -0.0188. The molecule has 2 fully saturated rings. The Morgan fingerprint density at radius 2 is 2.20 bits per heavy atom. The fraction of sp³-hybridized carbons (Fsp3) is 0.562. The van der Waals surface area contributed by atoms with Gasteiger partial charge in [-0.3, -0.25) is 4.79 Å². The molecule has 4 heteroatoms. The highest BCUT2D eigenvalue weighted by molar-refractivity contribution is 6.32. The van der Waals surface area contributed by atoms with Crippen LogP contribution in [-0.2, 0) is 0 Å². The number of phenols is 1. The van der Waals surface area contributed by atoms with Gasteiger partial charge in [-0.1, -0.05) is 18.0 Å². The standard InChI is InChI=1S/C16H20ClNO2/c1-18(9-13-7-10-2-3-11(13)6-10)16(20)12-4-5-15(19)14(17)8-12/h4-5,8,10-11,13,19H,2-3,6-7,9H2,1H3. The lowest BCUT2D eigenvalue weighted by Crippen LogP contribution is -2.33. The highest BCUT2D eigenvalue weighted by Gasteiger charge is 2.40. The summed E-state index contributed by atoms with van der Waals surface area (Å²) in [4.78, 5) is 14.2. The van der Waals surface area contributed by atoms with Gasteiger partial charge in [-0.15, -0.1) is 0 Å². The maximum absolute atomic E-state index is 12.4. The molecule has 1 aromatic rings. The second-order valence-corrected chi connectivity index (χ2v) is 6.69. The Morgan fingerprint density at radius 1 is 1.40 bits per heavy atom. The lowest BCUT2D eigenvalue weighted by Gasteiger charge is -2.27. The maximum atomic E-state index is 12.4. The molecule has 1 aromatic carbocycles. The number of fused-ring (bicyclic) bond motifs is 2. The molecule has 2 bridgehead atoms. The van der Waals surface area contributed by atoms with Gasteiger partial charge in [0.05, 0.1) is 5.02 Å². The first-order valence-corrected chi connectivity index (χ1v) is 7.66. The number of benzene rings is 1. The summed E-state index contributed by atoms with van der Waals surface area (Å²) in [6.45, 7) is 0.832. The van der Waals surface area contributed by atoms with Crippen molar-refractivity contribution in [1.29, 1.82) is 0 Å². The minimum Gasteiger partial charge on any atom is -0.506 e. The predicted molar refractivity (Wildman–Crippen MR) is 79.0 cm³/mol. The largest absolute Gasteiger partial charge is 0.506 e. The fourth-order valence-corrected chi connectivity index (χ4v) is 4.08. The second kappa shape index (κ2) is 5.28. The molecule has 2 aliphatic carbocycles. The number of rotatable bonds is 3. The molecule has 3 atom stereocenters. The minimum absolute atomic E-state index is 0.0129. The van der Waals surface area contributed by atoms with Crippen LogP contribution in [-0.4, -0.2) is 29.5 Å².